The Kier molecular flexibility index (Phi) is 3.52. The third-order valence-corrected chi connectivity index (χ3v) is 3.25. The van der Waals surface area contributed by atoms with Gasteiger partial charge in [0.1, 0.15) is 6.33 Å². The van der Waals surface area contributed by atoms with E-state index in [9.17, 15) is 4.79 Å². The first-order valence-corrected chi connectivity index (χ1v) is 6.35. The standard InChI is InChI=1S/C13H14BrN3O/c1-13(2,10-3-5-11(14)6-4-10)16-12(18)17-8-7-15-9-17/h3-9H,1-2H3,(H,16,18). The van der Waals surface area contributed by atoms with Crippen LogP contribution in [0.4, 0.5) is 4.79 Å². The molecule has 1 heterocycles. The first-order valence-electron chi connectivity index (χ1n) is 5.55. The van der Waals surface area contributed by atoms with Crippen LogP contribution in [0.1, 0.15) is 19.4 Å². The van der Waals surface area contributed by atoms with Gasteiger partial charge in [-0.05, 0) is 31.5 Å². The highest BCUT2D eigenvalue weighted by Gasteiger charge is 2.23. The Morgan fingerprint density at radius 2 is 2.00 bits per heavy atom. The number of carbonyl (C=O) groups is 1. The Labute approximate surface area is 114 Å². The summed E-state index contributed by atoms with van der Waals surface area (Å²) in [7, 11) is 0. The fourth-order valence-electron chi connectivity index (χ4n) is 1.65. The molecule has 0 aliphatic heterocycles. The van der Waals surface area contributed by atoms with E-state index in [2.05, 4.69) is 26.2 Å². The van der Waals surface area contributed by atoms with Gasteiger partial charge in [0.15, 0.2) is 0 Å². The number of aromatic nitrogens is 2. The summed E-state index contributed by atoms with van der Waals surface area (Å²) in [4.78, 5) is 15.8. The smallest absolute Gasteiger partial charge is 0.327 e. The SMILES string of the molecule is CC(C)(NC(=O)n1ccnc1)c1ccc(Br)cc1. The van der Waals surface area contributed by atoms with E-state index in [4.69, 9.17) is 0 Å². The van der Waals surface area contributed by atoms with Crippen molar-refractivity contribution in [3.05, 3.63) is 53.0 Å². The predicted octanol–water partition coefficient (Wildman–Crippen LogP) is 3.14. The second-order valence-electron chi connectivity index (χ2n) is 4.53. The number of nitrogens with one attached hydrogen (secondary N) is 1. The average Bonchev–Trinajstić information content (AvgIpc) is 2.82. The minimum Gasteiger partial charge on any atom is -0.328 e. The molecule has 0 aliphatic carbocycles. The lowest BCUT2D eigenvalue weighted by atomic mass is 9.95. The molecule has 0 unspecified atom stereocenters. The van der Waals surface area contributed by atoms with Gasteiger partial charge in [-0.3, -0.25) is 4.57 Å². The van der Waals surface area contributed by atoms with E-state index in [-0.39, 0.29) is 6.03 Å². The number of hydrogen-bond acceptors (Lipinski definition) is 2. The van der Waals surface area contributed by atoms with Gasteiger partial charge in [-0.15, -0.1) is 0 Å². The number of hydrogen-bond donors (Lipinski definition) is 1. The van der Waals surface area contributed by atoms with Crippen molar-refractivity contribution < 1.29 is 4.79 Å². The maximum Gasteiger partial charge on any atom is 0.327 e. The van der Waals surface area contributed by atoms with Crippen LogP contribution in [0.3, 0.4) is 0 Å². The van der Waals surface area contributed by atoms with Gasteiger partial charge in [0.05, 0.1) is 5.54 Å². The molecule has 1 N–H and O–H groups in total. The van der Waals surface area contributed by atoms with Crippen LogP contribution in [0.15, 0.2) is 47.5 Å². The molecule has 0 saturated heterocycles. The number of carbonyl (C=O) groups excluding carboxylic acids is 1. The summed E-state index contributed by atoms with van der Waals surface area (Å²) in [6, 6.07) is 7.69. The zero-order chi connectivity index (χ0) is 13.2. The molecule has 94 valence electrons. The summed E-state index contributed by atoms with van der Waals surface area (Å²) in [5, 5.41) is 2.96. The molecule has 4 nitrogen and oxygen atoms in total. The molecule has 1 aromatic carbocycles. The molecule has 0 saturated carbocycles. The van der Waals surface area contributed by atoms with E-state index in [1.807, 2.05) is 38.1 Å². The third kappa shape index (κ3) is 2.79. The highest BCUT2D eigenvalue weighted by molar-refractivity contribution is 9.10. The maximum absolute atomic E-state index is 12.0. The summed E-state index contributed by atoms with van der Waals surface area (Å²) in [5.41, 5.74) is 0.598. The second-order valence-corrected chi connectivity index (χ2v) is 5.45. The Morgan fingerprint density at radius 3 is 2.56 bits per heavy atom. The molecule has 2 rings (SSSR count). The molecule has 1 amide bonds. The van der Waals surface area contributed by atoms with Crippen molar-refractivity contribution >= 4 is 22.0 Å². The van der Waals surface area contributed by atoms with Crippen molar-refractivity contribution in [3.63, 3.8) is 0 Å². The summed E-state index contributed by atoms with van der Waals surface area (Å²) in [6.45, 7) is 3.93. The summed E-state index contributed by atoms with van der Waals surface area (Å²) in [5.74, 6) is 0. The lowest BCUT2D eigenvalue weighted by Crippen LogP contribution is -2.42. The van der Waals surface area contributed by atoms with Gasteiger partial charge in [0.2, 0.25) is 0 Å². The summed E-state index contributed by atoms with van der Waals surface area (Å²) >= 11 is 3.39. The van der Waals surface area contributed by atoms with Gasteiger partial charge in [-0.2, -0.15) is 0 Å². The van der Waals surface area contributed by atoms with Gasteiger partial charge in [-0.25, -0.2) is 9.78 Å². The molecule has 0 spiro atoms. The molecule has 5 heteroatoms. The van der Waals surface area contributed by atoms with Crippen LogP contribution in [-0.4, -0.2) is 15.6 Å². The monoisotopic (exact) mass is 307 g/mol. The number of benzene rings is 1. The third-order valence-electron chi connectivity index (χ3n) is 2.72. The largest absolute Gasteiger partial charge is 0.328 e. The summed E-state index contributed by atoms with van der Waals surface area (Å²) < 4.78 is 2.43. The van der Waals surface area contributed by atoms with Crippen LogP contribution in [0.2, 0.25) is 0 Å². The Hall–Kier alpha value is -1.62. The van der Waals surface area contributed by atoms with Crippen molar-refractivity contribution in [1.82, 2.24) is 14.9 Å². The molecule has 2 aromatic rings. The number of rotatable bonds is 2. The maximum atomic E-state index is 12.0. The molecule has 0 radical (unpaired) electrons. The van der Waals surface area contributed by atoms with E-state index < -0.39 is 5.54 Å². The zero-order valence-electron chi connectivity index (χ0n) is 10.2. The van der Waals surface area contributed by atoms with Crippen molar-refractivity contribution in [2.75, 3.05) is 0 Å². The van der Waals surface area contributed by atoms with Gasteiger partial charge in [0.25, 0.3) is 0 Å². The molecular weight excluding hydrogens is 294 g/mol. The average molecular weight is 308 g/mol. The molecule has 18 heavy (non-hydrogen) atoms. The first-order chi connectivity index (χ1) is 8.49. The topological polar surface area (TPSA) is 46.9 Å². The second kappa shape index (κ2) is 4.94. The number of nitrogens with zero attached hydrogens (tertiary/aromatic N) is 2. The number of amides is 1. The van der Waals surface area contributed by atoms with E-state index in [1.165, 1.54) is 10.9 Å². The van der Waals surface area contributed by atoms with Gasteiger partial charge >= 0.3 is 6.03 Å². The van der Waals surface area contributed by atoms with Crippen LogP contribution < -0.4 is 5.32 Å². The van der Waals surface area contributed by atoms with Crippen molar-refractivity contribution in [3.8, 4) is 0 Å². The van der Waals surface area contributed by atoms with Crippen LogP contribution in [-0.2, 0) is 5.54 Å². The highest BCUT2D eigenvalue weighted by Crippen LogP contribution is 2.22. The summed E-state index contributed by atoms with van der Waals surface area (Å²) in [6.07, 6.45) is 4.67. The molecular formula is C13H14BrN3O. The predicted molar refractivity (Wildman–Crippen MR) is 73.3 cm³/mol. The van der Waals surface area contributed by atoms with Gasteiger partial charge in [-0.1, -0.05) is 28.1 Å². The molecule has 1 aromatic heterocycles. The van der Waals surface area contributed by atoms with E-state index >= 15 is 0 Å². The van der Waals surface area contributed by atoms with Gasteiger partial charge in [0, 0.05) is 16.9 Å². The fraction of sp³-hybridized carbons (Fsp3) is 0.231. The minimum absolute atomic E-state index is 0.194. The van der Waals surface area contributed by atoms with Crippen molar-refractivity contribution in [1.29, 1.82) is 0 Å². The van der Waals surface area contributed by atoms with Gasteiger partial charge < -0.3 is 5.32 Å². The van der Waals surface area contributed by atoms with Crippen LogP contribution in [0.5, 0.6) is 0 Å². The Morgan fingerprint density at radius 1 is 1.33 bits per heavy atom. The lowest BCUT2D eigenvalue weighted by Gasteiger charge is -2.26. The quantitative estimate of drug-likeness (QED) is 0.926. The number of halogens is 1. The fourth-order valence-corrected chi connectivity index (χ4v) is 1.91. The molecule has 0 aliphatic rings. The molecule has 0 bridgehead atoms. The van der Waals surface area contributed by atoms with Crippen LogP contribution in [0.25, 0.3) is 0 Å². The van der Waals surface area contributed by atoms with Crippen LogP contribution in [0, 0.1) is 0 Å². The zero-order valence-corrected chi connectivity index (χ0v) is 11.8. The first kappa shape index (κ1) is 12.8. The van der Waals surface area contributed by atoms with Crippen molar-refractivity contribution in [2.24, 2.45) is 0 Å². The Balaban J connectivity index is 2.16. The molecule has 0 fully saturated rings. The van der Waals surface area contributed by atoms with E-state index in [0.29, 0.717) is 0 Å². The van der Waals surface area contributed by atoms with E-state index in [1.54, 1.807) is 12.4 Å². The number of imidazole rings is 1. The normalized spacial score (nSPS) is 11.3. The minimum atomic E-state index is -0.442. The lowest BCUT2D eigenvalue weighted by molar-refractivity contribution is 0.231. The van der Waals surface area contributed by atoms with Crippen molar-refractivity contribution in [2.45, 2.75) is 19.4 Å². The van der Waals surface area contributed by atoms with E-state index in [0.717, 1.165) is 10.0 Å². The molecule has 0 atom stereocenters. The highest BCUT2D eigenvalue weighted by atomic mass is 79.9. The Bertz CT molecular complexity index is 532. The van der Waals surface area contributed by atoms with Crippen LogP contribution >= 0.6 is 15.9 Å².